The van der Waals surface area contributed by atoms with E-state index in [1.165, 1.54) is 0 Å². The summed E-state index contributed by atoms with van der Waals surface area (Å²) in [6.07, 6.45) is 3.13. The number of carbonyl (C=O) groups excluding carboxylic acids is 1. The Morgan fingerprint density at radius 2 is 2.20 bits per heavy atom. The van der Waals surface area contributed by atoms with Crippen molar-refractivity contribution in [1.29, 1.82) is 0 Å². The van der Waals surface area contributed by atoms with Crippen molar-refractivity contribution in [1.82, 2.24) is 16.2 Å². The molecule has 0 spiro atoms. The largest absolute Gasteiger partial charge is 0.492 e. The summed E-state index contributed by atoms with van der Waals surface area (Å²) in [5, 5.41) is 4.37. The van der Waals surface area contributed by atoms with Gasteiger partial charge in [-0.15, -0.1) is 0 Å². The molecule has 0 unspecified atom stereocenters. The Hall–Kier alpha value is -1.28. The molecule has 0 aromatic heterocycles. The van der Waals surface area contributed by atoms with Gasteiger partial charge in [-0.1, -0.05) is 23.2 Å². The van der Waals surface area contributed by atoms with Crippen LogP contribution in [-0.2, 0) is 9.53 Å². The Bertz CT molecular complexity index is 598. The van der Waals surface area contributed by atoms with Crippen LogP contribution in [0.25, 0.3) is 0 Å². The van der Waals surface area contributed by atoms with Gasteiger partial charge in [0.15, 0.2) is 5.11 Å². The highest BCUT2D eigenvalue weighted by atomic mass is 35.5. The van der Waals surface area contributed by atoms with Crippen molar-refractivity contribution in [3.8, 4) is 5.75 Å². The second-order valence-corrected chi connectivity index (χ2v) is 6.80. The quantitative estimate of drug-likeness (QED) is 0.368. The zero-order valence-corrected chi connectivity index (χ0v) is 16.0. The van der Waals surface area contributed by atoms with E-state index < -0.39 is 0 Å². The highest BCUT2D eigenvalue weighted by Gasteiger charge is 2.15. The van der Waals surface area contributed by atoms with Gasteiger partial charge in [-0.3, -0.25) is 15.6 Å². The molecule has 0 aliphatic carbocycles. The van der Waals surface area contributed by atoms with Crippen molar-refractivity contribution >= 4 is 46.4 Å². The summed E-state index contributed by atoms with van der Waals surface area (Å²) >= 11 is 16.9. The van der Waals surface area contributed by atoms with Crippen LogP contribution in [0.3, 0.4) is 0 Å². The number of hydrogen-bond donors (Lipinski definition) is 3. The third kappa shape index (κ3) is 7.64. The molecular weight excluding hydrogens is 385 g/mol. The maximum absolute atomic E-state index is 11.7. The Labute approximate surface area is 162 Å². The smallest absolute Gasteiger partial charge is 0.238 e. The second kappa shape index (κ2) is 10.7. The maximum atomic E-state index is 11.7. The first-order valence-electron chi connectivity index (χ1n) is 8.07. The SMILES string of the molecule is O=C(CCCOc1ccc(Cl)cc1Cl)NNC(=S)NC[C@H]1CCCO1. The van der Waals surface area contributed by atoms with E-state index >= 15 is 0 Å². The molecule has 6 nitrogen and oxygen atoms in total. The minimum atomic E-state index is -0.174. The average molecular weight is 406 g/mol. The zero-order chi connectivity index (χ0) is 18.1. The van der Waals surface area contributed by atoms with Gasteiger partial charge in [0.25, 0.3) is 0 Å². The fraction of sp³-hybridized carbons (Fsp3) is 0.500. The number of halogens is 2. The van der Waals surface area contributed by atoms with Gasteiger partial charge < -0.3 is 14.8 Å². The molecule has 0 saturated carbocycles. The summed E-state index contributed by atoms with van der Waals surface area (Å²) in [5.41, 5.74) is 5.21. The average Bonchev–Trinajstić information content (AvgIpc) is 3.10. The van der Waals surface area contributed by atoms with Crippen LogP contribution in [0.2, 0.25) is 10.0 Å². The number of ether oxygens (including phenoxy) is 2. The van der Waals surface area contributed by atoms with Gasteiger partial charge in [-0.25, -0.2) is 0 Å². The Kier molecular flexibility index (Phi) is 8.54. The van der Waals surface area contributed by atoms with Crippen LogP contribution in [-0.4, -0.2) is 36.9 Å². The lowest BCUT2D eigenvalue weighted by Gasteiger charge is -2.14. The number of amides is 1. The number of carbonyl (C=O) groups is 1. The predicted octanol–water partition coefficient (Wildman–Crippen LogP) is 2.83. The fourth-order valence-corrected chi connectivity index (χ4v) is 2.85. The van der Waals surface area contributed by atoms with E-state index in [0.29, 0.717) is 46.9 Å². The van der Waals surface area contributed by atoms with E-state index in [2.05, 4.69) is 16.2 Å². The Morgan fingerprint density at radius 3 is 2.92 bits per heavy atom. The van der Waals surface area contributed by atoms with Crippen molar-refractivity contribution in [3.63, 3.8) is 0 Å². The van der Waals surface area contributed by atoms with Gasteiger partial charge in [0, 0.05) is 24.6 Å². The molecule has 3 N–H and O–H groups in total. The van der Waals surface area contributed by atoms with Crippen molar-refractivity contribution in [3.05, 3.63) is 28.2 Å². The number of thiocarbonyl (C=S) groups is 1. The molecule has 1 aliphatic rings. The first-order valence-corrected chi connectivity index (χ1v) is 9.23. The van der Waals surface area contributed by atoms with Crippen LogP contribution in [0.15, 0.2) is 18.2 Å². The van der Waals surface area contributed by atoms with E-state index in [-0.39, 0.29) is 12.0 Å². The number of nitrogens with one attached hydrogen (secondary N) is 3. The summed E-state index contributed by atoms with van der Waals surface area (Å²) in [4.78, 5) is 11.7. The Balaban J connectivity index is 1.53. The lowest BCUT2D eigenvalue weighted by molar-refractivity contribution is -0.121. The summed E-state index contributed by atoms with van der Waals surface area (Å²) < 4.78 is 11.0. The van der Waals surface area contributed by atoms with E-state index in [1.807, 2.05) is 0 Å². The third-order valence-corrected chi connectivity index (χ3v) is 4.31. The number of hydrazine groups is 1. The van der Waals surface area contributed by atoms with E-state index in [4.69, 9.17) is 44.9 Å². The van der Waals surface area contributed by atoms with Crippen molar-refractivity contribution in [2.75, 3.05) is 19.8 Å². The van der Waals surface area contributed by atoms with Crippen LogP contribution in [0.5, 0.6) is 5.75 Å². The first kappa shape index (κ1) is 20.0. The summed E-state index contributed by atoms with van der Waals surface area (Å²) in [6.45, 7) is 1.81. The monoisotopic (exact) mass is 405 g/mol. The van der Waals surface area contributed by atoms with Gasteiger partial charge in [-0.05, 0) is 49.7 Å². The summed E-state index contributed by atoms with van der Waals surface area (Å²) in [5.74, 6) is 0.371. The molecule has 9 heteroatoms. The van der Waals surface area contributed by atoms with Crippen LogP contribution in [0.4, 0.5) is 0 Å². The molecule has 0 bridgehead atoms. The van der Waals surface area contributed by atoms with Gasteiger partial charge in [-0.2, -0.15) is 0 Å². The Morgan fingerprint density at radius 1 is 1.36 bits per heavy atom. The van der Waals surface area contributed by atoms with Crippen LogP contribution >= 0.6 is 35.4 Å². The molecule has 1 aromatic rings. The molecule has 1 fully saturated rings. The number of benzene rings is 1. The minimum absolute atomic E-state index is 0.174. The number of rotatable bonds is 7. The van der Waals surface area contributed by atoms with Gasteiger partial charge in [0.2, 0.25) is 5.91 Å². The summed E-state index contributed by atoms with van der Waals surface area (Å²) in [6, 6.07) is 5.01. The van der Waals surface area contributed by atoms with Gasteiger partial charge >= 0.3 is 0 Å². The molecular formula is C16H21Cl2N3O3S. The highest BCUT2D eigenvalue weighted by Crippen LogP contribution is 2.27. The standard InChI is InChI=1S/C16H21Cl2N3O3S/c17-11-5-6-14(13(18)9-11)24-8-2-4-15(22)20-21-16(25)19-10-12-3-1-7-23-12/h5-6,9,12H,1-4,7-8,10H2,(H,20,22)(H2,19,21,25)/t12-/m1/s1. The molecule has 2 rings (SSSR count). The van der Waals surface area contributed by atoms with E-state index in [9.17, 15) is 4.79 Å². The van der Waals surface area contributed by atoms with Crippen molar-refractivity contribution in [2.24, 2.45) is 0 Å². The third-order valence-electron chi connectivity index (χ3n) is 3.53. The zero-order valence-electron chi connectivity index (χ0n) is 13.6. The van der Waals surface area contributed by atoms with Gasteiger partial charge in [0.05, 0.1) is 17.7 Å². The molecule has 25 heavy (non-hydrogen) atoms. The fourth-order valence-electron chi connectivity index (χ4n) is 2.25. The normalized spacial score (nSPS) is 16.3. The molecule has 1 atom stereocenters. The molecule has 1 saturated heterocycles. The summed E-state index contributed by atoms with van der Waals surface area (Å²) in [7, 11) is 0. The molecule has 138 valence electrons. The first-order chi connectivity index (χ1) is 12.0. The van der Waals surface area contributed by atoms with E-state index in [0.717, 1.165) is 19.4 Å². The van der Waals surface area contributed by atoms with Crippen molar-refractivity contribution < 1.29 is 14.3 Å². The highest BCUT2D eigenvalue weighted by molar-refractivity contribution is 7.80. The lowest BCUT2D eigenvalue weighted by atomic mass is 10.2. The molecule has 0 radical (unpaired) electrons. The van der Waals surface area contributed by atoms with Gasteiger partial charge in [0.1, 0.15) is 5.75 Å². The predicted molar refractivity (Wildman–Crippen MR) is 102 cm³/mol. The molecule has 1 amide bonds. The van der Waals surface area contributed by atoms with E-state index in [1.54, 1.807) is 18.2 Å². The van der Waals surface area contributed by atoms with Crippen LogP contribution < -0.4 is 20.9 Å². The molecule has 1 aromatic carbocycles. The van der Waals surface area contributed by atoms with Crippen LogP contribution in [0.1, 0.15) is 25.7 Å². The molecule has 1 aliphatic heterocycles. The minimum Gasteiger partial charge on any atom is -0.492 e. The number of hydrogen-bond acceptors (Lipinski definition) is 4. The van der Waals surface area contributed by atoms with Crippen LogP contribution in [0, 0.1) is 0 Å². The maximum Gasteiger partial charge on any atom is 0.238 e. The molecule has 1 heterocycles. The topological polar surface area (TPSA) is 71.6 Å². The lowest BCUT2D eigenvalue weighted by Crippen LogP contribution is -2.48. The second-order valence-electron chi connectivity index (χ2n) is 5.54. The van der Waals surface area contributed by atoms with Crippen molar-refractivity contribution in [2.45, 2.75) is 31.8 Å².